The fraction of sp³-hybridized carbons (Fsp3) is 0.412. The van der Waals surface area contributed by atoms with E-state index in [-0.39, 0.29) is 5.97 Å². The van der Waals surface area contributed by atoms with Crippen molar-refractivity contribution in [2.24, 2.45) is 5.41 Å². The van der Waals surface area contributed by atoms with Gasteiger partial charge in [-0.1, -0.05) is 75.1 Å². The van der Waals surface area contributed by atoms with Gasteiger partial charge in [0.1, 0.15) is 0 Å². The predicted octanol–water partition coefficient (Wildman–Crippen LogP) is 8.61. The molecule has 0 atom stereocenters. The standard InChI is InChI=1S/C34H41NO4/c1-5-34(2,3)33(36)39-22-13-9-7-6-8-12-21-38-31-20-19-27(24-32(31)37-4)29(25-35)23-28-17-14-16-26-15-10-11-18-30(26)28/h10-11,14-20,23-24H,5-9,12-13,21-22H2,1-4H3/b29-23+. The summed E-state index contributed by atoms with van der Waals surface area (Å²) in [5.74, 6) is 1.20. The minimum Gasteiger partial charge on any atom is -0.493 e. The highest BCUT2D eigenvalue weighted by atomic mass is 16.5. The fourth-order valence-electron chi connectivity index (χ4n) is 4.26. The van der Waals surface area contributed by atoms with Crippen LogP contribution in [0.25, 0.3) is 22.4 Å². The minimum absolute atomic E-state index is 0.102. The van der Waals surface area contributed by atoms with Crippen LogP contribution in [0.15, 0.2) is 60.7 Å². The lowest BCUT2D eigenvalue weighted by Gasteiger charge is -2.20. The summed E-state index contributed by atoms with van der Waals surface area (Å²) in [6, 6.07) is 22.3. The lowest BCUT2D eigenvalue weighted by Crippen LogP contribution is -2.26. The van der Waals surface area contributed by atoms with Gasteiger partial charge in [0.2, 0.25) is 0 Å². The number of nitriles is 1. The van der Waals surface area contributed by atoms with Gasteiger partial charge in [0.25, 0.3) is 0 Å². The van der Waals surface area contributed by atoms with Crippen molar-refractivity contribution in [2.45, 2.75) is 65.7 Å². The molecule has 0 aliphatic rings. The summed E-state index contributed by atoms with van der Waals surface area (Å²) in [5, 5.41) is 12.1. The molecule has 0 heterocycles. The van der Waals surface area contributed by atoms with Gasteiger partial charge in [-0.2, -0.15) is 5.26 Å². The molecule has 0 aliphatic carbocycles. The molecule has 0 bridgehead atoms. The van der Waals surface area contributed by atoms with E-state index in [0.717, 1.165) is 66.8 Å². The average Bonchev–Trinajstić information content (AvgIpc) is 2.96. The maximum absolute atomic E-state index is 12.0. The molecule has 3 rings (SSSR count). The normalized spacial score (nSPS) is 11.7. The molecule has 5 nitrogen and oxygen atoms in total. The van der Waals surface area contributed by atoms with E-state index >= 15 is 0 Å². The third kappa shape index (κ3) is 8.61. The van der Waals surface area contributed by atoms with Crippen LogP contribution in [0.5, 0.6) is 11.5 Å². The van der Waals surface area contributed by atoms with Crippen LogP contribution < -0.4 is 9.47 Å². The first kappa shape index (κ1) is 29.8. The molecule has 0 radical (unpaired) electrons. The highest BCUT2D eigenvalue weighted by Gasteiger charge is 2.26. The van der Waals surface area contributed by atoms with Crippen molar-refractivity contribution in [1.29, 1.82) is 5.26 Å². The van der Waals surface area contributed by atoms with Crippen LogP contribution in [0.2, 0.25) is 0 Å². The van der Waals surface area contributed by atoms with Gasteiger partial charge in [0, 0.05) is 0 Å². The Labute approximate surface area is 233 Å². The van der Waals surface area contributed by atoms with Crippen molar-refractivity contribution in [3.05, 3.63) is 71.8 Å². The molecule has 0 aliphatic heterocycles. The van der Waals surface area contributed by atoms with Crippen molar-refractivity contribution >= 4 is 28.4 Å². The number of esters is 1. The van der Waals surface area contributed by atoms with Crippen molar-refractivity contribution in [3.8, 4) is 17.6 Å². The Balaban J connectivity index is 1.45. The van der Waals surface area contributed by atoms with E-state index in [2.05, 4.69) is 24.3 Å². The smallest absolute Gasteiger partial charge is 0.311 e. The average molecular weight is 528 g/mol. The molecular weight excluding hydrogens is 486 g/mol. The molecule has 0 N–H and O–H groups in total. The highest BCUT2D eigenvalue weighted by Crippen LogP contribution is 2.32. The van der Waals surface area contributed by atoms with Crippen LogP contribution in [0.3, 0.4) is 0 Å². The number of fused-ring (bicyclic) bond motifs is 1. The molecule has 3 aromatic carbocycles. The van der Waals surface area contributed by atoms with E-state index in [4.69, 9.17) is 14.2 Å². The number of benzene rings is 3. The Kier molecular flexibility index (Phi) is 11.4. The summed E-state index contributed by atoms with van der Waals surface area (Å²) in [7, 11) is 1.62. The van der Waals surface area contributed by atoms with E-state index < -0.39 is 5.41 Å². The van der Waals surface area contributed by atoms with Crippen LogP contribution >= 0.6 is 0 Å². The zero-order valence-electron chi connectivity index (χ0n) is 23.8. The molecule has 5 heteroatoms. The number of carbonyl (C=O) groups is 1. The largest absolute Gasteiger partial charge is 0.493 e. The van der Waals surface area contributed by atoms with Gasteiger partial charge in [-0.15, -0.1) is 0 Å². The van der Waals surface area contributed by atoms with E-state index in [9.17, 15) is 10.1 Å². The van der Waals surface area contributed by atoms with Gasteiger partial charge in [0.15, 0.2) is 11.5 Å². The number of hydrogen-bond donors (Lipinski definition) is 0. The van der Waals surface area contributed by atoms with Gasteiger partial charge in [0.05, 0.1) is 37.4 Å². The SMILES string of the molecule is CCC(C)(C)C(=O)OCCCCCCCCOc1ccc(/C(C#N)=C/c2cccc3ccccc23)cc1OC. The molecular formula is C34H41NO4. The summed E-state index contributed by atoms with van der Waals surface area (Å²) in [4.78, 5) is 12.0. The zero-order chi connectivity index (χ0) is 28.1. The number of ether oxygens (including phenoxy) is 3. The van der Waals surface area contributed by atoms with Crippen molar-refractivity contribution in [3.63, 3.8) is 0 Å². The van der Waals surface area contributed by atoms with Crippen LogP contribution in [0, 0.1) is 16.7 Å². The summed E-state index contributed by atoms with van der Waals surface area (Å²) >= 11 is 0. The van der Waals surface area contributed by atoms with E-state index in [1.54, 1.807) is 7.11 Å². The molecule has 0 aromatic heterocycles. The molecule has 0 saturated carbocycles. The number of hydrogen-bond acceptors (Lipinski definition) is 5. The van der Waals surface area contributed by atoms with Crippen molar-refractivity contribution in [1.82, 2.24) is 0 Å². The predicted molar refractivity (Wildman–Crippen MR) is 159 cm³/mol. The second-order valence-corrected chi connectivity index (χ2v) is 10.4. The minimum atomic E-state index is -0.394. The van der Waals surface area contributed by atoms with Gasteiger partial charge < -0.3 is 14.2 Å². The van der Waals surface area contributed by atoms with Gasteiger partial charge in [-0.05, 0) is 79.3 Å². The molecule has 0 amide bonds. The van der Waals surface area contributed by atoms with Crippen molar-refractivity contribution in [2.75, 3.05) is 20.3 Å². The third-order valence-corrected chi connectivity index (χ3v) is 7.18. The number of methoxy groups -OCH3 is 1. The van der Waals surface area contributed by atoms with E-state index in [0.29, 0.717) is 30.3 Å². The van der Waals surface area contributed by atoms with Crippen LogP contribution in [0.4, 0.5) is 0 Å². The summed E-state index contributed by atoms with van der Waals surface area (Å²) < 4.78 is 17.0. The van der Waals surface area contributed by atoms with Crippen LogP contribution in [0.1, 0.15) is 76.8 Å². The Morgan fingerprint density at radius 2 is 1.59 bits per heavy atom. The zero-order valence-corrected chi connectivity index (χ0v) is 23.8. The summed E-state index contributed by atoms with van der Waals surface area (Å²) in [5.41, 5.74) is 1.97. The first-order chi connectivity index (χ1) is 18.9. The maximum atomic E-state index is 12.0. The van der Waals surface area contributed by atoms with Crippen LogP contribution in [-0.4, -0.2) is 26.3 Å². The quantitative estimate of drug-likeness (QED) is 0.0856. The summed E-state index contributed by atoms with van der Waals surface area (Å²) in [6.45, 7) is 6.97. The number of unbranched alkanes of at least 4 members (excludes halogenated alkanes) is 5. The van der Waals surface area contributed by atoms with E-state index in [1.165, 1.54) is 0 Å². The van der Waals surface area contributed by atoms with Crippen molar-refractivity contribution < 1.29 is 19.0 Å². The van der Waals surface area contributed by atoms with Crippen LogP contribution in [-0.2, 0) is 9.53 Å². The summed E-state index contributed by atoms with van der Waals surface area (Å²) in [6.07, 6.45) is 8.95. The monoisotopic (exact) mass is 527 g/mol. The molecule has 0 unspecified atom stereocenters. The second-order valence-electron chi connectivity index (χ2n) is 10.4. The number of rotatable bonds is 15. The maximum Gasteiger partial charge on any atom is 0.311 e. The Bertz CT molecular complexity index is 1300. The van der Waals surface area contributed by atoms with E-state index in [1.807, 2.05) is 69.3 Å². The molecule has 206 valence electrons. The molecule has 0 saturated heterocycles. The lowest BCUT2D eigenvalue weighted by molar-refractivity contribution is -0.154. The Morgan fingerprint density at radius 3 is 2.31 bits per heavy atom. The van der Waals surface area contributed by atoms with Gasteiger partial charge >= 0.3 is 5.97 Å². The Morgan fingerprint density at radius 1 is 0.897 bits per heavy atom. The molecule has 3 aromatic rings. The Hall–Kier alpha value is -3.78. The highest BCUT2D eigenvalue weighted by molar-refractivity contribution is 5.98. The molecule has 39 heavy (non-hydrogen) atoms. The molecule has 0 spiro atoms. The number of allylic oxidation sites excluding steroid dienone is 1. The first-order valence-electron chi connectivity index (χ1n) is 14.0. The lowest BCUT2D eigenvalue weighted by atomic mass is 9.91. The first-order valence-corrected chi connectivity index (χ1v) is 14.0. The fourth-order valence-corrected chi connectivity index (χ4v) is 4.26. The van der Waals surface area contributed by atoms with Gasteiger partial charge in [-0.3, -0.25) is 4.79 Å². The number of carbonyl (C=O) groups excluding carboxylic acids is 1. The van der Waals surface area contributed by atoms with Gasteiger partial charge in [-0.25, -0.2) is 0 Å². The molecule has 0 fully saturated rings. The second kappa shape index (κ2) is 15.0. The number of nitrogens with zero attached hydrogens (tertiary/aromatic N) is 1. The third-order valence-electron chi connectivity index (χ3n) is 7.18. The topological polar surface area (TPSA) is 68.5 Å².